The molecule has 0 saturated carbocycles. The number of aromatic carboxylic acids is 1. The minimum atomic E-state index is -1.05. The van der Waals surface area contributed by atoms with E-state index in [0.29, 0.717) is 9.34 Å². The van der Waals surface area contributed by atoms with Crippen LogP contribution in [0.15, 0.2) is 54.8 Å². The summed E-state index contributed by atoms with van der Waals surface area (Å²) >= 11 is 7.67. The number of nitrogens with one attached hydrogen (secondary N) is 1. The van der Waals surface area contributed by atoms with Crippen molar-refractivity contribution in [1.82, 2.24) is 9.97 Å². The number of carboxylic acids is 1. The number of hydrogen-bond acceptors (Lipinski definition) is 13. The first-order chi connectivity index (χ1) is 16.5. The fourth-order valence-electron chi connectivity index (χ4n) is 1.80. The molecule has 0 atom stereocenters. The molecule has 19 heteroatoms. The van der Waals surface area contributed by atoms with E-state index in [4.69, 9.17) is 15.3 Å². The molecule has 0 saturated heterocycles. The number of halogens is 2. The molecule has 0 radical (unpaired) electrons. The lowest BCUT2D eigenvalue weighted by Gasteiger charge is -1.96. The van der Waals surface area contributed by atoms with Crippen LogP contribution in [0.5, 0.6) is 0 Å². The van der Waals surface area contributed by atoms with Gasteiger partial charge in [0, 0.05) is 0 Å². The van der Waals surface area contributed by atoms with Crippen LogP contribution in [-0.2, 0) is 0 Å². The summed E-state index contributed by atoms with van der Waals surface area (Å²) in [7, 11) is 0. The van der Waals surface area contributed by atoms with Crippen molar-refractivity contribution in [3.8, 4) is 0 Å². The van der Waals surface area contributed by atoms with Crippen molar-refractivity contribution in [2.75, 3.05) is 11.1 Å². The highest BCUT2D eigenvalue weighted by Crippen LogP contribution is 2.26. The highest BCUT2D eigenvalue weighted by atomic mass is 79.9. The van der Waals surface area contributed by atoms with E-state index in [1.165, 1.54) is 18.2 Å². The van der Waals surface area contributed by atoms with E-state index < -0.39 is 21.7 Å². The second-order valence-corrected chi connectivity index (χ2v) is 9.13. The van der Waals surface area contributed by atoms with E-state index in [1.54, 1.807) is 6.07 Å². The second-order valence-electron chi connectivity index (χ2n) is 5.52. The Hall–Kier alpha value is -3.68. The summed E-state index contributed by atoms with van der Waals surface area (Å²) in [5.74, 6) is -1.53. The molecule has 4 N–H and O–H groups in total. The van der Waals surface area contributed by atoms with Crippen LogP contribution in [0.2, 0.25) is 0 Å². The molecule has 184 valence electrons. The van der Waals surface area contributed by atoms with Crippen molar-refractivity contribution >= 4 is 86.7 Å². The molecule has 0 aliphatic heterocycles. The summed E-state index contributed by atoms with van der Waals surface area (Å²) in [5, 5.41) is 31.2. The molecule has 0 bridgehead atoms. The molecule has 15 nitrogen and oxygen atoms in total. The normalized spacial score (nSPS) is 9.77. The van der Waals surface area contributed by atoms with E-state index in [9.17, 15) is 29.8 Å². The fraction of sp³-hybridized carbons (Fsp3) is 0. The molecule has 0 unspecified atom stereocenters. The van der Waals surface area contributed by atoms with Gasteiger partial charge in [0.25, 0.3) is 5.91 Å². The van der Waals surface area contributed by atoms with E-state index in [2.05, 4.69) is 51.6 Å². The van der Waals surface area contributed by atoms with Crippen LogP contribution in [0.3, 0.4) is 0 Å². The largest absolute Gasteiger partial charge is 0.475 e. The van der Waals surface area contributed by atoms with Gasteiger partial charge in [-0.1, -0.05) is 0 Å². The van der Waals surface area contributed by atoms with E-state index in [0.717, 1.165) is 35.1 Å². The number of carboxylic acid groups (broad SMARTS) is 1. The average Bonchev–Trinajstić information content (AvgIpc) is 3.57. The van der Waals surface area contributed by atoms with Crippen LogP contribution < -0.4 is 11.1 Å². The number of rotatable bonds is 5. The van der Waals surface area contributed by atoms with E-state index in [-0.39, 0.29) is 31.8 Å². The predicted molar refractivity (Wildman–Crippen MR) is 130 cm³/mol. The van der Waals surface area contributed by atoms with Crippen molar-refractivity contribution in [3.63, 3.8) is 0 Å². The third-order valence-corrected chi connectivity index (χ3v) is 5.66. The van der Waals surface area contributed by atoms with Gasteiger partial charge in [0.2, 0.25) is 5.76 Å². The van der Waals surface area contributed by atoms with Gasteiger partial charge in [0.15, 0.2) is 25.4 Å². The number of anilines is 2. The maximum absolute atomic E-state index is 11.6. The highest BCUT2D eigenvalue weighted by Gasteiger charge is 2.16. The van der Waals surface area contributed by atoms with Crippen molar-refractivity contribution in [2.45, 2.75) is 0 Å². The number of nitrogens with two attached hydrogens (primary N) is 1. The third kappa shape index (κ3) is 8.88. The molecule has 35 heavy (non-hydrogen) atoms. The molecule has 1 amide bonds. The Kier molecular flexibility index (Phi) is 9.99. The number of thiazole rings is 2. The molecule has 0 aliphatic carbocycles. The van der Waals surface area contributed by atoms with Crippen LogP contribution >= 0.6 is 54.5 Å². The van der Waals surface area contributed by atoms with E-state index >= 15 is 0 Å². The zero-order valence-electron chi connectivity index (χ0n) is 16.6. The second kappa shape index (κ2) is 12.7. The Morgan fingerprint density at radius 2 is 1.46 bits per heavy atom. The summed E-state index contributed by atoms with van der Waals surface area (Å²) in [6.07, 6.45) is 2.22. The average molecular weight is 654 g/mol. The maximum atomic E-state index is 11.6. The monoisotopic (exact) mass is 652 g/mol. The van der Waals surface area contributed by atoms with Crippen LogP contribution in [0.4, 0.5) is 20.3 Å². The molecule has 4 aromatic rings. The third-order valence-electron chi connectivity index (χ3n) is 3.17. The minimum Gasteiger partial charge on any atom is -0.475 e. The number of nitrogens with zero attached hydrogens (tertiary/aromatic N) is 4. The zero-order chi connectivity index (χ0) is 26.1. The lowest BCUT2D eigenvalue weighted by molar-refractivity contribution is -0.380. The van der Waals surface area contributed by atoms with Crippen molar-refractivity contribution in [2.24, 2.45) is 0 Å². The Balaban J connectivity index is 0.000000203. The Labute approximate surface area is 218 Å². The number of hydrogen-bond donors (Lipinski definition) is 3. The van der Waals surface area contributed by atoms with Gasteiger partial charge < -0.3 is 19.7 Å². The molecule has 0 aromatic carbocycles. The van der Waals surface area contributed by atoms with E-state index in [1.807, 2.05) is 0 Å². The van der Waals surface area contributed by atoms with Gasteiger partial charge in [-0.3, -0.25) is 30.3 Å². The van der Waals surface area contributed by atoms with Crippen molar-refractivity contribution in [3.05, 3.63) is 77.7 Å². The fourth-order valence-corrected chi connectivity index (χ4v) is 3.54. The van der Waals surface area contributed by atoms with Gasteiger partial charge in [0.1, 0.15) is 12.4 Å². The summed E-state index contributed by atoms with van der Waals surface area (Å²) in [6.45, 7) is 0. The lowest BCUT2D eigenvalue weighted by Crippen LogP contribution is -2.10. The molecule has 0 fully saturated rings. The molecular formula is C16H10Br2N6O9S2. The number of aromatic nitrogens is 2. The first-order valence-electron chi connectivity index (χ1n) is 8.47. The maximum Gasteiger partial charge on any atom is 0.371 e. The quantitative estimate of drug-likeness (QED) is 0.190. The molecule has 4 heterocycles. The van der Waals surface area contributed by atoms with Crippen LogP contribution in [0.1, 0.15) is 21.1 Å². The van der Waals surface area contributed by atoms with Gasteiger partial charge in [-0.2, -0.15) is 0 Å². The Morgan fingerprint density at radius 1 is 0.943 bits per heavy atom. The molecule has 0 spiro atoms. The van der Waals surface area contributed by atoms with Crippen LogP contribution in [-0.4, -0.2) is 36.8 Å². The predicted octanol–water partition coefficient (Wildman–Crippen LogP) is 5.03. The van der Waals surface area contributed by atoms with Gasteiger partial charge in [-0.25, -0.2) is 14.8 Å². The van der Waals surface area contributed by atoms with Crippen LogP contribution in [0.25, 0.3) is 0 Å². The first kappa shape index (κ1) is 27.6. The van der Waals surface area contributed by atoms with Crippen molar-refractivity contribution < 1.29 is 33.4 Å². The Morgan fingerprint density at radius 3 is 1.80 bits per heavy atom. The smallest absolute Gasteiger partial charge is 0.371 e. The number of carbonyl (C=O) groups excluding carboxylic acids is 1. The highest BCUT2D eigenvalue weighted by molar-refractivity contribution is 9.10. The Bertz CT molecular complexity index is 1300. The minimum absolute atomic E-state index is 0.0208. The molecule has 4 aromatic heterocycles. The topological polar surface area (TPSA) is 231 Å². The number of amides is 1. The summed E-state index contributed by atoms with van der Waals surface area (Å²) in [4.78, 5) is 48.1. The number of nitro groups is 2. The molecular weight excluding hydrogens is 644 g/mol. The summed E-state index contributed by atoms with van der Waals surface area (Å²) in [5.41, 5.74) is 5.12. The van der Waals surface area contributed by atoms with Gasteiger partial charge in [0.05, 0.1) is 9.85 Å². The standard InChI is InChI=1S/C8H4BrN3O4S.C5H3BrO3.C3H3N3O2S/c9-5-2-1-4(16-5)7(13)11-8-10-3-6(17-8)12(14)15;6-4-2-1-3(9-4)5(7)8;4-3-5-1-2(9-3)6(7)8/h1-3H,(H,10,11,13);1-2H,(H,7,8);1H,(H2,4,5). The lowest BCUT2D eigenvalue weighted by atomic mass is 10.4. The van der Waals surface area contributed by atoms with Crippen molar-refractivity contribution in [1.29, 1.82) is 0 Å². The molecule has 0 aliphatic rings. The summed E-state index contributed by atoms with van der Waals surface area (Å²) < 4.78 is 10.5. The first-order valence-corrected chi connectivity index (χ1v) is 11.7. The zero-order valence-corrected chi connectivity index (χ0v) is 21.4. The SMILES string of the molecule is Nc1ncc([N+](=O)[O-])s1.O=C(Nc1ncc([N+](=O)[O-])s1)c1ccc(Br)o1.O=C(O)c1ccc(Br)o1. The molecule has 4 rings (SSSR count). The van der Waals surface area contributed by atoms with Gasteiger partial charge in [-0.15, -0.1) is 0 Å². The number of nitrogen functional groups attached to an aromatic ring is 1. The van der Waals surface area contributed by atoms with Crippen LogP contribution in [0, 0.1) is 20.2 Å². The number of furan rings is 2. The van der Waals surface area contributed by atoms with Gasteiger partial charge in [-0.05, 0) is 78.8 Å². The number of carbonyl (C=O) groups is 2. The van der Waals surface area contributed by atoms with Gasteiger partial charge >= 0.3 is 16.0 Å². The summed E-state index contributed by atoms with van der Waals surface area (Å²) in [6, 6.07) is 5.95.